The Balaban J connectivity index is 1.95. The number of halogens is 2. The Kier molecular flexibility index (Phi) is 3.67. The third-order valence-corrected chi connectivity index (χ3v) is 3.84. The highest BCUT2D eigenvalue weighted by Gasteiger charge is 2.33. The largest absolute Gasteiger partial charge is 0.486 e. The summed E-state index contributed by atoms with van der Waals surface area (Å²) in [5.41, 5.74) is 0.251. The maximum atomic E-state index is 13.3. The van der Waals surface area contributed by atoms with E-state index in [1.165, 1.54) is 12.1 Å². The smallest absolute Gasteiger partial charge is 0.307 e. The van der Waals surface area contributed by atoms with Crippen LogP contribution in [0.1, 0.15) is 30.0 Å². The van der Waals surface area contributed by atoms with Crippen molar-refractivity contribution in [2.45, 2.75) is 18.9 Å². The summed E-state index contributed by atoms with van der Waals surface area (Å²) in [6, 6.07) is 2.42. The summed E-state index contributed by atoms with van der Waals surface area (Å²) in [6.45, 7) is 0.977. The SMILES string of the molecule is O=C(O)C1CNC(c2cc3c(cc2C(F)F)OCCO3)C1. The van der Waals surface area contributed by atoms with Gasteiger partial charge in [-0.1, -0.05) is 0 Å². The topological polar surface area (TPSA) is 67.8 Å². The average molecular weight is 299 g/mol. The van der Waals surface area contributed by atoms with Crippen molar-refractivity contribution in [2.24, 2.45) is 5.92 Å². The number of aliphatic carboxylic acids is 1. The molecule has 0 radical (unpaired) electrons. The molecule has 21 heavy (non-hydrogen) atoms. The molecule has 2 N–H and O–H groups in total. The van der Waals surface area contributed by atoms with E-state index in [2.05, 4.69) is 5.32 Å². The number of hydrogen-bond acceptors (Lipinski definition) is 4. The fourth-order valence-electron chi connectivity index (χ4n) is 2.77. The van der Waals surface area contributed by atoms with E-state index < -0.39 is 24.4 Å². The predicted octanol–water partition coefficient (Wildman–Crippen LogP) is 2.13. The number of hydrogen-bond donors (Lipinski definition) is 2. The Morgan fingerprint density at radius 1 is 1.29 bits per heavy atom. The van der Waals surface area contributed by atoms with Crippen LogP contribution < -0.4 is 14.8 Å². The van der Waals surface area contributed by atoms with Crippen LogP contribution in [0.2, 0.25) is 0 Å². The van der Waals surface area contributed by atoms with Crippen molar-refractivity contribution in [3.63, 3.8) is 0 Å². The van der Waals surface area contributed by atoms with Crippen LogP contribution in [0.4, 0.5) is 8.78 Å². The molecule has 0 aromatic heterocycles. The van der Waals surface area contributed by atoms with Crippen LogP contribution in [0, 0.1) is 5.92 Å². The van der Waals surface area contributed by atoms with Crippen molar-refractivity contribution in [1.82, 2.24) is 5.32 Å². The summed E-state index contributed by atoms with van der Waals surface area (Å²) in [7, 11) is 0. The van der Waals surface area contributed by atoms with E-state index in [1.807, 2.05) is 0 Å². The Hall–Kier alpha value is -1.89. The molecular formula is C14H15F2NO4. The lowest BCUT2D eigenvalue weighted by Gasteiger charge is -2.23. The number of carbonyl (C=O) groups is 1. The number of alkyl halides is 2. The number of ether oxygens (including phenoxy) is 2. The van der Waals surface area contributed by atoms with Crippen LogP contribution in [0.5, 0.6) is 11.5 Å². The van der Waals surface area contributed by atoms with Gasteiger partial charge in [0.15, 0.2) is 11.5 Å². The summed E-state index contributed by atoms with van der Waals surface area (Å²) in [5.74, 6) is -0.732. The van der Waals surface area contributed by atoms with E-state index >= 15 is 0 Å². The van der Waals surface area contributed by atoms with Crippen LogP contribution in [0.15, 0.2) is 12.1 Å². The van der Waals surface area contributed by atoms with Crippen LogP contribution in [-0.2, 0) is 4.79 Å². The molecule has 0 bridgehead atoms. The normalized spacial score (nSPS) is 24.3. The standard InChI is InChI=1S/C14H15F2NO4/c15-13(16)9-5-12-11(20-1-2-21-12)4-8(9)10-3-7(6-17-10)14(18)19/h4-5,7,10,13,17H,1-3,6H2,(H,18,19). The predicted molar refractivity (Wildman–Crippen MR) is 68.9 cm³/mol. The molecule has 0 spiro atoms. The minimum Gasteiger partial charge on any atom is -0.486 e. The molecule has 1 fully saturated rings. The number of benzene rings is 1. The molecule has 2 unspecified atom stereocenters. The van der Waals surface area contributed by atoms with E-state index in [-0.39, 0.29) is 18.5 Å². The van der Waals surface area contributed by atoms with E-state index in [0.29, 0.717) is 30.3 Å². The van der Waals surface area contributed by atoms with Gasteiger partial charge >= 0.3 is 5.97 Å². The van der Waals surface area contributed by atoms with Crippen molar-refractivity contribution in [3.05, 3.63) is 23.3 Å². The summed E-state index contributed by atoms with van der Waals surface area (Å²) in [4.78, 5) is 11.0. The van der Waals surface area contributed by atoms with Gasteiger partial charge in [-0.25, -0.2) is 8.78 Å². The van der Waals surface area contributed by atoms with E-state index in [4.69, 9.17) is 14.6 Å². The first-order valence-corrected chi connectivity index (χ1v) is 6.74. The zero-order chi connectivity index (χ0) is 15.0. The molecule has 5 nitrogen and oxygen atoms in total. The fourth-order valence-corrected chi connectivity index (χ4v) is 2.77. The molecule has 0 amide bonds. The molecule has 1 saturated heterocycles. The van der Waals surface area contributed by atoms with Crippen molar-refractivity contribution in [2.75, 3.05) is 19.8 Å². The van der Waals surface area contributed by atoms with Gasteiger partial charge in [-0.05, 0) is 24.1 Å². The van der Waals surface area contributed by atoms with E-state index in [1.54, 1.807) is 0 Å². The maximum absolute atomic E-state index is 13.3. The number of rotatable bonds is 3. The Labute approximate surface area is 119 Å². The fraction of sp³-hybridized carbons (Fsp3) is 0.500. The molecule has 1 aromatic rings. The number of nitrogens with one attached hydrogen (secondary N) is 1. The third-order valence-electron chi connectivity index (χ3n) is 3.84. The van der Waals surface area contributed by atoms with Gasteiger partial charge in [0, 0.05) is 18.2 Å². The van der Waals surface area contributed by atoms with Gasteiger partial charge in [-0.15, -0.1) is 0 Å². The monoisotopic (exact) mass is 299 g/mol. The second kappa shape index (κ2) is 5.48. The lowest BCUT2D eigenvalue weighted by Crippen LogP contribution is -2.19. The molecule has 2 heterocycles. The van der Waals surface area contributed by atoms with Gasteiger partial charge in [-0.2, -0.15) is 0 Å². The van der Waals surface area contributed by atoms with Gasteiger partial charge in [-0.3, -0.25) is 4.79 Å². The van der Waals surface area contributed by atoms with Gasteiger partial charge < -0.3 is 19.9 Å². The lowest BCUT2D eigenvalue weighted by molar-refractivity contribution is -0.141. The summed E-state index contributed by atoms with van der Waals surface area (Å²) >= 11 is 0. The Bertz CT molecular complexity index is 564. The van der Waals surface area contributed by atoms with Gasteiger partial charge in [0.2, 0.25) is 0 Å². The highest BCUT2D eigenvalue weighted by Crippen LogP contribution is 2.41. The molecule has 2 atom stereocenters. The minimum atomic E-state index is -2.65. The van der Waals surface area contributed by atoms with Crippen LogP contribution in [0.3, 0.4) is 0 Å². The lowest BCUT2D eigenvalue weighted by atomic mass is 9.95. The summed E-state index contributed by atoms with van der Waals surface area (Å²) in [5, 5.41) is 12.0. The van der Waals surface area contributed by atoms with Gasteiger partial charge in [0.25, 0.3) is 6.43 Å². The summed E-state index contributed by atoms with van der Waals surface area (Å²) < 4.78 is 37.3. The average Bonchev–Trinajstić information content (AvgIpc) is 2.95. The third kappa shape index (κ3) is 2.65. The second-order valence-electron chi connectivity index (χ2n) is 5.16. The number of carboxylic acid groups (broad SMARTS) is 1. The van der Waals surface area contributed by atoms with Gasteiger partial charge in [0.1, 0.15) is 13.2 Å². The summed E-state index contributed by atoms with van der Waals surface area (Å²) in [6.07, 6.45) is -2.36. The maximum Gasteiger partial charge on any atom is 0.307 e. The zero-order valence-corrected chi connectivity index (χ0v) is 11.1. The first-order valence-electron chi connectivity index (χ1n) is 6.74. The highest BCUT2D eigenvalue weighted by atomic mass is 19.3. The minimum absolute atomic E-state index is 0.136. The molecule has 0 aliphatic carbocycles. The number of fused-ring (bicyclic) bond motifs is 1. The van der Waals surface area contributed by atoms with Crippen molar-refractivity contribution in [3.8, 4) is 11.5 Å². The molecule has 3 rings (SSSR count). The van der Waals surface area contributed by atoms with Crippen LogP contribution in [-0.4, -0.2) is 30.8 Å². The zero-order valence-electron chi connectivity index (χ0n) is 11.1. The molecule has 2 aliphatic rings. The Morgan fingerprint density at radius 3 is 2.52 bits per heavy atom. The Morgan fingerprint density at radius 2 is 1.95 bits per heavy atom. The van der Waals surface area contributed by atoms with Gasteiger partial charge in [0.05, 0.1) is 5.92 Å². The van der Waals surface area contributed by atoms with Crippen molar-refractivity contribution < 1.29 is 28.2 Å². The number of carboxylic acids is 1. The molecule has 114 valence electrons. The molecule has 7 heteroatoms. The molecule has 0 saturated carbocycles. The van der Waals surface area contributed by atoms with Crippen molar-refractivity contribution >= 4 is 5.97 Å². The van der Waals surface area contributed by atoms with Crippen LogP contribution >= 0.6 is 0 Å². The quantitative estimate of drug-likeness (QED) is 0.895. The highest BCUT2D eigenvalue weighted by molar-refractivity contribution is 5.71. The van der Waals surface area contributed by atoms with E-state index in [9.17, 15) is 13.6 Å². The van der Waals surface area contributed by atoms with E-state index in [0.717, 1.165) is 0 Å². The van der Waals surface area contributed by atoms with Crippen LogP contribution in [0.25, 0.3) is 0 Å². The molecule has 2 aliphatic heterocycles. The molecule has 1 aromatic carbocycles. The molecular weight excluding hydrogens is 284 g/mol. The first kappa shape index (κ1) is 14.1. The first-order chi connectivity index (χ1) is 10.1. The van der Waals surface area contributed by atoms with Crippen molar-refractivity contribution in [1.29, 1.82) is 0 Å². The second-order valence-corrected chi connectivity index (χ2v) is 5.16.